The van der Waals surface area contributed by atoms with Gasteiger partial charge in [0, 0.05) is 0 Å². The topological polar surface area (TPSA) is 29.5 Å². The maximum atomic E-state index is 9.57. The Balaban J connectivity index is 2.54. The molecule has 0 aromatic carbocycles. The summed E-state index contributed by atoms with van der Waals surface area (Å²) in [4.78, 5) is 0. The van der Waals surface area contributed by atoms with E-state index in [1.165, 1.54) is 12.8 Å². The summed E-state index contributed by atoms with van der Waals surface area (Å²) in [5.74, 6) is 2.03. The number of hydrogen-bond acceptors (Lipinski definition) is 2. The van der Waals surface area contributed by atoms with Gasteiger partial charge in [0.15, 0.2) is 6.29 Å². The second kappa shape index (κ2) is 5.86. The van der Waals surface area contributed by atoms with Gasteiger partial charge < -0.3 is 9.84 Å². The lowest BCUT2D eigenvalue weighted by Crippen LogP contribution is -2.36. The summed E-state index contributed by atoms with van der Waals surface area (Å²) >= 11 is 0. The maximum absolute atomic E-state index is 9.57. The van der Waals surface area contributed by atoms with E-state index >= 15 is 0 Å². The predicted molar refractivity (Wildman–Crippen MR) is 62.5 cm³/mol. The number of aliphatic hydroxyl groups is 1. The van der Waals surface area contributed by atoms with Crippen LogP contribution in [0.4, 0.5) is 0 Å². The first-order valence-electron chi connectivity index (χ1n) is 6.38. The molecule has 1 fully saturated rings. The standard InChI is InChI=1S/C13H26O2/c1-5-13(14)15-12-8-10(4)6-7-11(12)9(2)3/h9-14H,5-8H2,1-4H3. The molecule has 0 saturated heterocycles. The minimum Gasteiger partial charge on any atom is -0.368 e. The monoisotopic (exact) mass is 214 g/mol. The number of rotatable bonds is 4. The third kappa shape index (κ3) is 3.76. The Morgan fingerprint density at radius 2 is 2.00 bits per heavy atom. The fourth-order valence-corrected chi connectivity index (χ4v) is 2.57. The minimum absolute atomic E-state index is 0.267. The molecule has 1 N–H and O–H groups in total. The highest BCUT2D eigenvalue weighted by atomic mass is 16.6. The van der Waals surface area contributed by atoms with Crippen molar-refractivity contribution in [3.05, 3.63) is 0 Å². The first-order valence-corrected chi connectivity index (χ1v) is 6.38. The molecule has 2 nitrogen and oxygen atoms in total. The van der Waals surface area contributed by atoms with Crippen LogP contribution in [0.3, 0.4) is 0 Å². The first kappa shape index (κ1) is 13.0. The van der Waals surface area contributed by atoms with Crippen LogP contribution in [-0.4, -0.2) is 17.5 Å². The molecule has 4 unspecified atom stereocenters. The molecule has 0 bridgehead atoms. The number of ether oxygens (including phenoxy) is 1. The van der Waals surface area contributed by atoms with Gasteiger partial charge in [-0.3, -0.25) is 0 Å². The summed E-state index contributed by atoms with van der Waals surface area (Å²) < 4.78 is 5.74. The van der Waals surface area contributed by atoms with Gasteiger partial charge in [-0.15, -0.1) is 0 Å². The van der Waals surface area contributed by atoms with E-state index in [1.807, 2.05) is 6.92 Å². The molecular weight excluding hydrogens is 188 g/mol. The van der Waals surface area contributed by atoms with E-state index in [1.54, 1.807) is 0 Å². The second-order valence-electron chi connectivity index (χ2n) is 5.36. The van der Waals surface area contributed by atoms with Crippen LogP contribution in [-0.2, 0) is 4.74 Å². The van der Waals surface area contributed by atoms with E-state index in [0.29, 0.717) is 18.3 Å². The van der Waals surface area contributed by atoms with Crippen LogP contribution in [0, 0.1) is 17.8 Å². The van der Waals surface area contributed by atoms with Crippen LogP contribution in [0.1, 0.15) is 53.4 Å². The van der Waals surface area contributed by atoms with Crippen molar-refractivity contribution in [3.8, 4) is 0 Å². The van der Waals surface area contributed by atoms with Crippen molar-refractivity contribution in [1.82, 2.24) is 0 Å². The Morgan fingerprint density at radius 1 is 1.33 bits per heavy atom. The highest BCUT2D eigenvalue weighted by Gasteiger charge is 2.32. The Labute approximate surface area is 94.0 Å². The number of hydrogen-bond donors (Lipinski definition) is 1. The lowest BCUT2D eigenvalue weighted by molar-refractivity contribution is -0.169. The van der Waals surface area contributed by atoms with E-state index in [0.717, 1.165) is 12.3 Å². The van der Waals surface area contributed by atoms with Gasteiger partial charge in [0.2, 0.25) is 0 Å². The summed E-state index contributed by atoms with van der Waals surface area (Å²) in [6, 6.07) is 0. The van der Waals surface area contributed by atoms with Crippen molar-refractivity contribution in [3.63, 3.8) is 0 Å². The fourth-order valence-electron chi connectivity index (χ4n) is 2.57. The molecule has 0 amide bonds. The van der Waals surface area contributed by atoms with E-state index < -0.39 is 6.29 Å². The van der Waals surface area contributed by atoms with Crippen LogP contribution < -0.4 is 0 Å². The minimum atomic E-state index is -0.568. The van der Waals surface area contributed by atoms with E-state index in [-0.39, 0.29) is 6.10 Å². The zero-order valence-electron chi connectivity index (χ0n) is 10.6. The predicted octanol–water partition coefficient (Wildman–Crippen LogP) is 3.19. The van der Waals surface area contributed by atoms with Crippen LogP contribution in [0.2, 0.25) is 0 Å². The van der Waals surface area contributed by atoms with Crippen LogP contribution >= 0.6 is 0 Å². The van der Waals surface area contributed by atoms with Crippen molar-refractivity contribution < 1.29 is 9.84 Å². The zero-order chi connectivity index (χ0) is 11.4. The molecule has 1 rings (SSSR count). The van der Waals surface area contributed by atoms with E-state index in [2.05, 4.69) is 20.8 Å². The molecule has 0 radical (unpaired) electrons. The van der Waals surface area contributed by atoms with Gasteiger partial charge in [0.1, 0.15) is 0 Å². The van der Waals surface area contributed by atoms with Gasteiger partial charge in [0.05, 0.1) is 6.10 Å². The van der Waals surface area contributed by atoms with Gasteiger partial charge in [-0.25, -0.2) is 0 Å². The van der Waals surface area contributed by atoms with Crippen molar-refractivity contribution in [2.75, 3.05) is 0 Å². The first-order chi connectivity index (χ1) is 7.04. The average molecular weight is 214 g/mol. The zero-order valence-corrected chi connectivity index (χ0v) is 10.6. The second-order valence-corrected chi connectivity index (χ2v) is 5.36. The molecule has 1 aliphatic rings. The summed E-state index contributed by atoms with van der Waals surface area (Å²) in [5, 5.41) is 9.57. The van der Waals surface area contributed by atoms with Crippen LogP contribution in [0.5, 0.6) is 0 Å². The fraction of sp³-hybridized carbons (Fsp3) is 1.00. The average Bonchev–Trinajstić information content (AvgIpc) is 2.17. The quantitative estimate of drug-likeness (QED) is 0.728. The van der Waals surface area contributed by atoms with Crippen molar-refractivity contribution in [1.29, 1.82) is 0 Å². The maximum Gasteiger partial charge on any atom is 0.154 e. The highest BCUT2D eigenvalue weighted by molar-refractivity contribution is 4.81. The van der Waals surface area contributed by atoms with E-state index in [9.17, 15) is 5.11 Å². The van der Waals surface area contributed by atoms with Gasteiger partial charge in [-0.2, -0.15) is 0 Å². The normalized spacial score (nSPS) is 34.4. The molecule has 0 spiro atoms. The Hall–Kier alpha value is -0.0800. The third-order valence-electron chi connectivity index (χ3n) is 3.64. The molecule has 0 aromatic heterocycles. The number of aliphatic hydroxyl groups excluding tert-OH is 1. The molecular formula is C13H26O2. The van der Waals surface area contributed by atoms with Crippen molar-refractivity contribution in [2.45, 2.75) is 65.8 Å². The molecule has 15 heavy (non-hydrogen) atoms. The molecule has 2 heteroatoms. The van der Waals surface area contributed by atoms with Crippen LogP contribution in [0.25, 0.3) is 0 Å². The Bertz CT molecular complexity index is 179. The summed E-state index contributed by atoms with van der Waals surface area (Å²) in [7, 11) is 0. The molecule has 90 valence electrons. The summed E-state index contributed by atoms with van der Waals surface area (Å²) in [6.07, 6.45) is 4.06. The van der Waals surface area contributed by atoms with Crippen LogP contribution in [0.15, 0.2) is 0 Å². The SMILES string of the molecule is CCC(O)OC1CC(C)CCC1C(C)C. The lowest BCUT2D eigenvalue weighted by Gasteiger charge is -2.38. The molecule has 0 aliphatic heterocycles. The van der Waals surface area contributed by atoms with Gasteiger partial charge >= 0.3 is 0 Å². The van der Waals surface area contributed by atoms with Crippen molar-refractivity contribution in [2.24, 2.45) is 17.8 Å². The Kier molecular flexibility index (Phi) is 5.07. The Morgan fingerprint density at radius 3 is 2.53 bits per heavy atom. The van der Waals surface area contributed by atoms with Gasteiger partial charge in [0.25, 0.3) is 0 Å². The highest BCUT2D eigenvalue weighted by Crippen LogP contribution is 2.35. The largest absolute Gasteiger partial charge is 0.368 e. The molecule has 0 aromatic rings. The van der Waals surface area contributed by atoms with Crippen molar-refractivity contribution >= 4 is 0 Å². The summed E-state index contributed by atoms with van der Waals surface area (Å²) in [5.41, 5.74) is 0. The molecule has 1 saturated carbocycles. The third-order valence-corrected chi connectivity index (χ3v) is 3.64. The summed E-state index contributed by atoms with van der Waals surface area (Å²) in [6.45, 7) is 8.76. The van der Waals surface area contributed by atoms with E-state index in [4.69, 9.17) is 4.74 Å². The lowest BCUT2D eigenvalue weighted by atomic mass is 9.75. The molecule has 0 heterocycles. The smallest absolute Gasteiger partial charge is 0.154 e. The molecule has 1 aliphatic carbocycles. The van der Waals surface area contributed by atoms with Gasteiger partial charge in [-0.1, -0.05) is 34.1 Å². The van der Waals surface area contributed by atoms with Gasteiger partial charge in [-0.05, 0) is 37.0 Å². The molecule has 4 atom stereocenters.